The lowest BCUT2D eigenvalue weighted by molar-refractivity contribution is -0.00272. The largest absolute Gasteiger partial charge is 0.393 e. The molecular weight excluding hydrogens is 176 g/mol. The van der Waals surface area contributed by atoms with E-state index >= 15 is 0 Å². The number of aliphatic hydroxyl groups is 1. The molecule has 0 unspecified atom stereocenters. The third-order valence-corrected chi connectivity index (χ3v) is 2.76. The molecule has 0 spiro atoms. The molecule has 0 bridgehead atoms. The third-order valence-electron chi connectivity index (χ3n) is 2.76. The van der Waals surface area contributed by atoms with Crippen molar-refractivity contribution in [3.8, 4) is 0 Å². The molecule has 2 rings (SSSR count). The molecule has 0 atom stereocenters. The molecular formula is C8H17ClN2O. The predicted octanol–water partition coefficient (Wildman–Crippen LogP) is -0.163. The van der Waals surface area contributed by atoms with Crippen molar-refractivity contribution in [3.63, 3.8) is 0 Å². The van der Waals surface area contributed by atoms with Gasteiger partial charge in [-0.2, -0.15) is 0 Å². The van der Waals surface area contributed by atoms with Crippen LogP contribution in [0.4, 0.5) is 0 Å². The van der Waals surface area contributed by atoms with E-state index in [2.05, 4.69) is 10.2 Å². The second-order valence-electron chi connectivity index (χ2n) is 3.57. The summed E-state index contributed by atoms with van der Waals surface area (Å²) in [7, 11) is 0. The lowest BCUT2D eigenvalue weighted by Gasteiger charge is -2.42. The van der Waals surface area contributed by atoms with Gasteiger partial charge in [0.1, 0.15) is 0 Å². The molecule has 4 heteroatoms. The topological polar surface area (TPSA) is 35.5 Å². The predicted molar refractivity (Wildman–Crippen MR) is 50.7 cm³/mol. The number of rotatable bonds is 1. The minimum Gasteiger partial charge on any atom is -0.393 e. The van der Waals surface area contributed by atoms with Gasteiger partial charge in [-0.1, -0.05) is 0 Å². The van der Waals surface area contributed by atoms with Crippen molar-refractivity contribution in [1.29, 1.82) is 0 Å². The van der Waals surface area contributed by atoms with Gasteiger partial charge in [0, 0.05) is 32.2 Å². The van der Waals surface area contributed by atoms with Crippen LogP contribution < -0.4 is 5.32 Å². The van der Waals surface area contributed by atoms with Crippen molar-refractivity contribution >= 4 is 12.4 Å². The summed E-state index contributed by atoms with van der Waals surface area (Å²) in [5.41, 5.74) is 0. The quantitative estimate of drug-likeness (QED) is 0.606. The molecule has 0 aromatic heterocycles. The fourth-order valence-electron chi connectivity index (χ4n) is 1.90. The third kappa shape index (κ3) is 2.10. The van der Waals surface area contributed by atoms with Gasteiger partial charge in [-0.3, -0.25) is 4.90 Å². The number of piperazine rings is 1. The lowest BCUT2D eigenvalue weighted by atomic mass is 9.88. The van der Waals surface area contributed by atoms with E-state index in [9.17, 15) is 0 Å². The zero-order valence-corrected chi connectivity index (χ0v) is 8.02. The molecule has 2 N–H and O–H groups in total. The van der Waals surface area contributed by atoms with E-state index in [1.165, 1.54) is 0 Å². The Morgan fingerprint density at radius 3 is 2.25 bits per heavy atom. The van der Waals surface area contributed by atoms with Crippen molar-refractivity contribution in [2.45, 2.75) is 25.0 Å². The summed E-state index contributed by atoms with van der Waals surface area (Å²) in [5.74, 6) is 0. The first-order chi connectivity index (χ1) is 5.36. The van der Waals surface area contributed by atoms with Crippen LogP contribution in [0.3, 0.4) is 0 Å². The highest BCUT2D eigenvalue weighted by atomic mass is 35.5. The van der Waals surface area contributed by atoms with Crippen LogP contribution in [0.15, 0.2) is 0 Å². The van der Waals surface area contributed by atoms with Crippen LogP contribution in [0, 0.1) is 0 Å². The summed E-state index contributed by atoms with van der Waals surface area (Å²) in [5, 5.41) is 12.4. The number of nitrogens with zero attached hydrogens (tertiary/aromatic N) is 1. The van der Waals surface area contributed by atoms with Crippen LogP contribution in [0.2, 0.25) is 0 Å². The second kappa shape index (κ2) is 4.42. The molecule has 0 amide bonds. The molecule has 1 aliphatic carbocycles. The number of hydrogen-bond donors (Lipinski definition) is 2. The molecule has 2 aliphatic rings. The highest BCUT2D eigenvalue weighted by Gasteiger charge is 2.32. The van der Waals surface area contributed by atoms with Gasteiger partial charge in [-0.15, -0.1) is 12.4 Å². The molecule has 0 radical (unpaired) electrons. The first kappa shape index (κ1) is 10.3. The summed E-state index contributed by atoms with van der Waals surface area (Å²) in [6, 6.07) is 0.687. The monoisotopic (exact) mass is 192 g/mol. The Labute approximate surface area is 79.5 Å². The van der Waals surface area contributed by atoms with Crippen LogP contribution in [-0.4, -0.2) is 48.3 Å². The van der Waals surface area contributed by atoms with E-state index in [0.29, 0.717) is 6.04 Å². The van der Waals surface area contributed by atoms with Crippen molar-refractivity contribution in [2.75, 3.05) is 26.2 Å². The molecule has 1 aliphatic heterocycles. The minimum atomic E-state index is -0.00474. The Morgan fingerprint density at radius 1 is 1.17 bits per heavy atom. The Balaban J connectivity index is 0.000000720. The van der Waals surface area contributed by atoms with Crippen LogP contribution in [0.25, 0.3) is 0 Å². The zero-order valence-electron chi connectivity index (χ0n) is 7.20. The molecule has 0 aromatic carbocycles. The van der Waals surface area contributed by atoms with Crippen LogP contribution in [0.5, 0.6) is 0 Å². The van der Waals surface area contributed by atoms with E-state index in [1.807, 2.05) is 0 Å². The number of hydrogen-bond acceptors (Lipinski definition) is 3. The Bertz CT molecular complexity index is 133. The van der Waals surface area contributed by atoms with Gasteiger partial charge in [0.25, 0.3) is 0 Å². The van der Waals surface area contributed by atoms with Gasteiger partial charge < -0.3 is 10.4 Å². The van der Waals surface area contributed by atoms with Gasteiger partial charge in [0.05, 0.1) is 6.10 Å². The zero-order chi connectivity index (χ0) is 7.68. The van der Waals surface area contributed by atoms with Gasteiger partial charge in [-0.25, -0.2) is 0 Å². The minimum absolute atomic E-state index is 0. The van der Waals surface area contributed by atoms with Crippen molar-refractivity contribution < 1.29 is 5.11 Å². The van der Waals surface area contributed by atoms with E-state index < -0.39 is 0 Å². The van der Waals surface area contributed by atoms with Gasteiger partial charge in [-0.05, 0) is 12.8 Å². The Hall–Kier alpha value is 0.170. The normalized spacial score (nSPS) is 36.8. The lowest BCUT2D eigenvalue weighted by Crippen LogP contribution is -2.54. The van der Waals surface area contributed by atoms with Gasteiger partial charge >= 0.3 is 0 Å². The van der Waals surface area contributed by atoms with Crippen molar-refractivity contribution in [3.05, 3.63) is 0 Å². The summed E-state index contributed by atoms with van der Waals surface area (Å²) in [6.07, 6.45) is 2.00. The smallest absolute Gasteiger partial charge is 0.0570 e. The molecule has 0 aromatic rings. The maximum Gasteiger partial charge on any atom is 0.0570 e. The Morgan fingerprint density at radius 2 is 1.75 bits per heavy atom. The standard InChI is InChI=1S/C8H16N2O.ClH/c11-8-5-7(6-8)10-3-1-9-2-4-10;/h7-9,11H,1-6H2;1H/t7-,8+;. The maximum absolute atomic E-state index is 9.11. The molecule has 3 nitrogen and oxygen atoms in total. The summed E-state index contributed by atoms with van der Waals surface area (Å²) < 4.78 is 0. The molecule has 1 heterocycles. The number of nitrogens with one attached hydrogen (secondary N) is 1. The van der Waals surface area contributed by atoms with Gasteiger partial charge in [0.15, 0.2) is 0 Å². The number of halogens is 1. The van der Waals surface area contributed by atoms with Crippen LogP contribution >= 0.6 is 12.4 Å². The fraction of sp³-hybridized carbons (Fsp3) is 1.00. The molecule has 1 saturated carbocycles. The number of aliphatic hydroxyl groups excluding tert-OH is 1. The summed E-state index contributed by atoms with van der Waals surface area (Å²) in [4.78, 5) is 2.49. The fourth-order valence-corrected chi connectivity index (χ4v) is 1.90. The highest BCUT2D eigenvalue weighted by Crippen LogP contribution is 2.25. The first-order valence-corrected chi connectivity index (χ1v) is 4.49. The van der Waals surface area contributed by atoms with E-state index in [1.54, 1.807) is 0 Å². The molecule has 12 heavy (non-hydrogen) atoms. The molecule has 1 saturated heterocycles. The van der Waals surface area contributed by atoms with E-state index in [4.69, 9.17) is 5.11 Å². The van der Waals surface area contributed by atoms with Crippen LogP contribution in [-0.2, 0) is 0 Å². The summed E-state index contributed by atoms with van der Waals surface area (Å²) >= 11 is 0. The average molecular weight is 193 g/mol. The first-order valence-electron chi connectivity index (χ1n) is 4.49. The summed E-state index contributed by atoms with van der Waals surface area (Å²) in [6.45, 7) is 4.56. The SMILES string of the molecule is Cl.O[C@H]1C[C@@H](N2CCNCC2)C1. The Kier molecular flexibility index (Phi) is 3.77. The average Bonchev–Trinajstić information content (AvgIpc) is 2.01. The van der Waals surface area contributed by atoms with E-state index in [-0.39, 0.29) is 18.5 Å². The van der Waals surface area contributed by atoms with Crippen molar-refractivity contribution in [2.24, 2.45) is 0 Å². The maximum atomic E-state index is 9.11. The van der Waals surface area contributed by atoms with Crippen LogP contribution in [0.1, 0.15) is 12.8 Å². The van der Waals surface area contributed by atoms with E-state index in [0.717, 1.165) is 39.0 Å². The van der Waals surface area contributed by atoms with Gasteiger partial charge in [0.2, 0.25) is 0 Å². The highest BCUT2D eigenvalue weighted by molar-refractivity contribution is 5.85. The molecule has 72 valence electrons. The second-order valence-corrected chi connectivity index (χ2v) is 3.57. The molecule has 2 fully saturated rings. The van der Waals surface area contributed by atoms with Crippen molar-refractivity contribution in [1.82, 2.24) is 10.2 Å².